The van der Waals surface area contributed by atoms with E-state index in [4.69, 9.17) is 5.73 Å². The number of hydrogen-bond donors (Lipinski definition) is 2. The van der Waals surface area contributed by atoms with Crippen LogP contribution in [0.4, 0.5) is 0 Å². The van der Waals surface area contributed by atoms with E-state index in [1.54, 1.807) is 11.8 Å². The molecule has 7 nitrogen and oxygen atoms in total. The van der Waals surface area contributed by atoms with Gasteiger partial charge in [-0.2, -0.15) is 16.9 Å². The molecule has 2 aliphatic rings. The van der Waals surface area contributed by atoms with E-state index in [9.17, 15) is 9.59 Å². The van der Waals surface area contributed by atoms with Crippen LogP contribution in [0.15, 0.2) is 6.07 Å². The number of amides is 2. The van der Waals surface area contributed by atoms with Gasteiger partial charge in [-0.1, -0.05) is 6.42 Å². The van der Waals surface area contributed by atoms with Gasteiger partial charge in [0, 0.05) is 12.5 Å². The molecule has 1 aromatic heterocycles. The van der Waals surface area contributed by atoms with Crippen LogP contribution in [-0.4, -0.2) is 51.1 Å². The molecule has 0 radical (unpaired) electrons. The summed E-state index contributed by atoms with van der Waals surface area (Å²) in [6.45, 7) is 2.30. The van der Waals surface area contributed by atoms with Crippen molar-refractivity contribution in [3.8, 4) is 0 Å². The average Bonchev–Trinajstić information content (AvgIpc) is 2.97. The molecular formula is C17H27N5O2S. The fourth-order valence-corrected chi connectivity index (χ4v) is 3.69. The average molecular weight is 366 g/mol. The third-order valence-corrected chi connectivity index (χ3v) is 5.67. The Morgan fingerprint density at radius 1 is 1.44 bits per heavy atom. The number of thioether (sulfide) groups is 1. The van der Waals surface area contributed by atoms with Gasteiger partial charge in [0.15, 0.2) is 0 Å². The molecule has 8 heteroatoms. The highest BCUT2D eigenvalue weighted by molar-refractivity contribution is 7.98. The number of nitrogens with one attached hydrogen (secondary N) is 1. The summed E-state index contributed by atoms with van der Waals surface area (Å²) in [5, 5.41) is 7.51. The molecule has 1 aliphatic carbocycles. The summed E-state index contributed by atoms with van der Waals surface area (Å²) in [4.78, 5) is 26.2. The van der Waals surface area contributed by atoms with E-state index in [1.807, 2.05) is 21.9 Å². The molecule has 1 fully saturated rings. The zero-order valence-corrected chi connectivity index (χ0v) is 15.6. The molecule has 1 atom stereocenters. The van der Waals surface area contributed by atoms with Crippen molar-refractivity contribution in [2.45, 2.75) is 51.4 Å². The summed E-state index contributed by atoms with van der Waals surface area (Å²) >= 11 is 1.70. The Morgan fingerprint density at radius 2 is 2.24 bits per heavy atom. The minimum Gasteiger partial charge on any atom is -0.350 e. The van der Waals surface area contributed by atoms with Crippen molar-refractivity contribution in [2.75, 3.05) is 18.6 Å². The quantitative estimate of drug-likeness (QED) is 0.743. The zero-order valence-electron chi connectivity index (χ0n) is 14.7. The van der Waals surface area contributed by atoms with Gasteiger partial charge in [0.05, 0.1) is 37.1 Å². The Morgan fingerprint density at radius 3 is 2.92 bits per heavy atom. The summed E-state index contributed by atoms with van der Waals surface area (Å²) in [7, 11) is 0. The molecule has 1 aliphatic heterocycles. The van der Waals surface area contributed by atoms with Crippen molar-refractivity contribution in [3.05, 3.63) is 17.5 Å². The lowest BCUT2D eigenvalue weighted by molar-refractivity contribution is -0.134. The van der Waals surface area contributed by atoms with Gasteiger partial charge in [0.1, 0.15) is 0 Å². The minimum atomic E-state index is -0.428. The number of hydrogen-bond acceptors (Lipinski definition) is 5. The number of carbonyl (C=O) groups excluding carboxylic acids is 2. The number of rotatable bonds is 7. The molecule has 0 unspecified atom stereocenters. The van der Waals surface area contributed by atoms with Crippen LogP contribution in [0.2, 0.25) is 0 Å². The van der Waals surface area contributed by atoms with Crippen LogP contribution in [0.25, 0.3) is 0 Å². The highest BCUT2D eigenvalue weighted by Crippen LogP contribution is 2.26. The molecule has 2 amide bonds. The van der Waals surface area contributed by atoms with E-state index in [-0.39, 0.29) is 17.7 Å². The fourth-order valence-electron chi connectivity index (χ4n) is 3.20. The first-order chi connectivity index (χ1) is 12.1. The molecule has 25 heavy (non-hydrogen) atoms. The van der Waals surface area contributed by atoms with Gasteiger partial charge < -0.3 is 16.0 Å². The summed E-state index contributed by atoms with van der Waals surface area (Å²) < 4.78 is 1.93. The first-order valence-electron chi connectivity index (χ1n) is 8.95. The van der Waals surface area contributed by atoms with Crippen molar-refractivity contribution in [1.82, 2.24) is 20.0 Å². The van der Waals surface area contributed by atoms with Crippen molar-refractivity contribution in [3.63, 3.8) is 0 Å². The normalized spacial score (nSPS) is 18.4. The van der Waals surface area contributed by atoms with Gasteiger partial charge in [-0.15, -0.1) is 0 Å². The maximum atomic E-state index is 12.5. The predicted molar refractivity (Wildman–Crippen MR) is 97.8 cm³/mol. The van der Waals surface area contributed by atoms with Gasteiger partial charge in [0.25, 0.3) is 0 Å². The molecule has 0 spiro atoms. The lowest BCUT2D eigenvalue weighted by Crippen LogP contribution is -2.47. The number of nitrogens with two attached hydrogens (primary N) is 1. The minimum absolute atomic E-state index is 0.0151. The standard InChI is InChI=1S/C17H27N5O2S/c1-25-8-5-15(18)17(24)21-6-7-22-14(11-21)9-13(20-22)10-19-16(23)12-3-2-4-12/h9,12,15H,2-8,10-11,18H2,1H3,(H,19,23)/t15-/m1/s1. The number of fused-ring (bicyclic) bond motifs is 1. The Hall–Kier alpha value is -1.54. The lowest BCUT2D eigenvalue weighted by Gasteiger charge is -2.29. The van der Waals surface area contributed by atoms with Gasteiger partial charge in [0.2, 0.25) is 11.8 Å². The number of nitrogens with zero attached hydrogens (tertiary/aromatic N) is 3. The van der Waals surface area contributed by atoms with Crippen LogP contribution in [0.1, 0.15) is 37.1 Å². The van der Waals surface area contributed by atoms with E-state index in [0.717, 1.165) is 36.4 Å². The van der Waals surface area contributed by atoms with Crippen LogP contribution < -0.4 is 11.1 Å². The van der Waals surface area contributed by atoms with Gasteiger partial charge in [-0.3, -0.25) is 14.3 Å². The largest absolute Gasteiger partial charge is 0.350 e. The third kappa shape index (κ3) is 4.36. The van der Waals surface area contributed by atoms with Gasteiger partial charge >= 0.3 is 0 Å². The maximum absolute atomic E-state index is 12.5. The third-order valence-electron chi connectivity index (χ3n) is 5.03. The van der Waals surface area contributed by atoms with E-state index in [0.29, 0.717) is 32.6 Å². The van der Waals surface area contributed by atoms with E-state index < -0.39 is 6.04 Å². The molecular weight excluding hydrogens is 338 g/mol. The molecule has 2 heterocycles. The molecule has 0 aromatic carbocycles. The van der Waals surface area contributed by atoms with Crippen molar-refractivity contribution in [1.29, 1.82) is 0 Å². The Kier molecular flexibility index (Phi) is 6.01. The monoisotopic (exact) mass is 365 g/mol. The van der Waals surface area contributed by atoms with E-state index >= 15 is 0 Å². The number of carbonyl (C=O) groups is 2. The highest BCUT2D eigenvalue weighted by Gasteiger charge is 2.27. The lowest BCUT2D eigenvalue weighted by atomic mass is 9.85. The Labute approximate surface area is 152 Å². The van der Waals surface area contributed by atoms with Gasteiger partial charge in [-0.05, 0) is 37.3 Å². The number of aromatic nitrogens is 2. The molecule has 0 saturated heterocycles. The van der Waals surface area contributed by atoms with Crippen LogP contribution in [0.3, 0.4) is 0 Å². The summed E-state index contributed by atoms with van der Waals surface area (Å²) in [6, 6.07) is 1.55. The van der Waals surface area contributed by atoms with Crippen LogP contribution in [0.5, 0.6) is 0 Å². The second-order valence-electron chi connectivity index (χ2n) is 6.84. The van der Waals surface area contributed by atoms with Crippen LogP contribution >= 0.6 is 11.8 Å². The SMILES string of the molecule is CSCC[C@@H](N)C(=O)N1CCn2nc(CNC(=O)C3CCC3)cc2C1. The first-order valence-corrected chi connectivity index (χ1v) is 10.3. The molecule has 0 bridgehead atoms. The molecule has 138 valence electrons. The Balaban J connectivity index is 1.53. The van der Waals surface area contributed by atoms with Crippen molar-refractivity contribution < 1.29 is 9.59 Å². The van der Waals surface area contributed by atoms with E-state index in [1.165, 1.54) is 0 Å². The Bertz CT molecular complexity index is 629. The summed E-state index contributed by atoms with van der Waals surface area (Å²) in [5.74, 6) is 1.23. The second-order valence-corrected chi connectivity index (χ2v) is 7.83. The summed E-state index contributed by atoms with van der Waals surface area (Å²) in [5.41, 5.74) is 7.87. The molecule has 1 aromatic rings. The first kappa shape index (κ1) is 18.3. The molecule has 1 saturated carbocycles. The topological polar surface area (TPSA) is 93.2 Å². The summed E-state index contributed by atoms with van der Waals surface area (Å²) in [6.07, 6.45) is 5.87. The van der Waals surface area contributed by atoms with E-state index in [2.05, 4.69) is 10.4 Å². The zero-order chi connectivity index (χ0) is 17.8. The second kappa shape index (κ2) is 8.23. The van der Waals surface area contributed by atoms with Gasteiger partial charge in [-0.25, -0.2) is 0 Å². The van der Waals surface area contributed by atoms with Crippen LogP contribution in [-0.2, 0) is 29.2 Å². The molecule has 3 rings (SSSR count). The maximum Gasteiger partial charge on any atom is 0.239 e. The predicted octanol–water partition coefficient (Wildman–Crippen LogP) is 0.722. The highest BCUT2D eigenvalue weighted by atomic mass is 32.2. The fraction of sp³-hybridized carbons (Fsp3) is 0.706. The van der Waals surface area contributed by atoms with Crippen LogP contribution in [0, 0.1) is 5.92 Å². The smallest absolute Gasteiger partial charge is 0.239 e. The molecule has 3 N–H and O–H groups in total. The van der Waals surface area contributed by atoms with Crippen molar-refractivity contribution >= 4 is 23.6 Å². The van der Waals surface area contributed by atoms with Crippen molar-refractivity contribution in [2.24, 2.45) is 11.7 Å².